The average molecular weight is 541 g/mol. The van der Waals surface area contributed by atoms with Crippen LogP contribution in [0.1, 0.15) is 44.2 Å². The fraction of sp³-hybridized carbons (Fsp3) is 0.545. The fourth-order valence-corrected chi connectivity index (χ4v) is 9.85. The number of hydrogen-bond donors (Lipinski definition) is 6. The molecule has 7 heteroatoms. The maximum Gasteiger partial charge on any atom is 0.189 e. The van der Waals surface area contributed by atoms with Gasteiger partial charge in [0.1, 0.15) is 0 Å². The molecule has 3 saturated carbocycles. The highest BCUT2D eigenvalue weighted by Crippen LogP contribution is 2.71. The Hall–Kier alpha value is -3.05. The Morgan fingerprint density at radius 1 is 1.20 bits per heavy atom. The molecule has 210 valence electrons. The minimum Gasteiger partial charge on any atom is -0.390 e. The third kappa shape index (κ3) is 3.46. The Kier molecular flexibility index (Phi) is 5.81. The van der Waals surface area contributed by atoms with Crippen molar-refractivity contribution in [2.24, 2.45) is 45.7 Å². The smallest absolute Gasteiger partial charge is 0.189 e. The highest BCUT2D eigenvalue weighted by molar-refractivity contribution is 5.80. The summed E-state index contributed by atoms with van der Waals surface area (Å²) < 4.78 is 0. The summed E-state index contributed by atoms with van der Waals surface area (Å²) in [5.41, 5.74) is 6.49. The lowest BCUT2D eigenvalue weighted by Crippen LogP contribution is -2.56. The van der Waals surface area contributed by atoms with Crippen molar-refractivity contribution in [3.05, 3.63) is 60.3 Å². The Morgan fingerprint density at radius 2 is 2.00 bits per heavy atom. The highest BCUT2D eigenvalue weighted by Gasteiger charge is 2.72. The van der Waals surface area contributed by atoms with Gasteiger partial charge in [0.2, 0.25) is 0 Å². The molecule has 6 bridgehead atoms. The van der Waals surface area contributed by atoms with Crippen molar-refractivity contribution in [3.63, 3.8) is 0 Å². The van der Waals surface area contributed by atoms with E-state index in [-0.39, 0.29) is 42.0 Å². The van der Waals surface area contributed by atoms with Crippen molar-refractivity contribution in [2.45, 2.75) is 68.3 Å². The number of para-hydroxylation sites is 1. The predicted octanol–water partition coefficient (Wildman–Crippen LogP) is 3.03. The van der Waals surface area contributed by atoms with Crippen molar-refractivity contribution in [3.8, 4) is 11.8 Å². The molecule has 10 atom stereocenters. The van der Waals surface area contributed by atoms with Crippen molar-refractivity contribution < 1.29 is 15.3 Å². The number of benzene rings is 1. The van der Waals surface area contributed by atoms with Crippen molar-refractivity contribution in [1.82, 2.24) is 10.3 Å². The molecule has 0 saturated heterocycles. The van der Waals surface area contributed by atoms with Crippen LogP contribution in [0.25, 0.3) is 10.9 Å². The van der Waals surface area contributed by atoms with Gasteiger partial charge in [-0.25, -0.2) is 0 Å². The van der Waals surface area contributed by atoms with Crippen LogP contribution >= 0.6 is 0 Å². The number of aliphatic hydroxyl groups excluding tert-OH is 1. The number of H-pyrrole nitrogens is 1. The van der Waals surface area contributed by atoms with Crippen LogP contribution in [0.4, 0.5) is 0 Å². The van der Waals surface area contributed by atoms with Gasteiger partial charge in [0, 0.05) is 42.9 Å². The number of nitrogens with zero attached hydrogens (tertiary/aromatic N) is 1. The molecule has 0 spiro atoms. The van der Waals surface area contributed by atoms with Crippen LogP contribution < -0.4 is 11.1 Å². The van der Waals surface area contributed by atoms with Gasteiger partial charge >= 0.3 is 0 Å². The molecule has 10 unspecified atom stereocenters. The van der Waals surface area contributed by atoms with Gasteiger partial charge < -0.3 is 31.4 Å². The topological polar surface area (TPSA) is 127 Å². The van der Waals surface area contributed by atoms with Gasteiger partial charge in [0.25, 0.3) is 0 Å². The van der Waals surface area contributed by atoms with Crippen molar-refractivity contribution in [2.75, 3.05) is 7.05 Å². The van der Waals surface area contributed by atoms with E-state index in [2.05, 4.69) is 57.5 Å². The van der Waals surface area contributed by atoms with Gasteiger partial charge in [0.05, 0.1) is 23.3 Å². The number of nitrogens with two attached hydrogens (primary N) is 1. The van der Waals surface area contributed by atoms with Crippen molar-refractivity contribution in [1.29, 1.82) is 0 Å². The molecule has 1 heterocycles. The Balaban J connectivity index is 1.40. The predicted molar refractivity (Wildman–Crippen MR) is 156 cm³/mol. The molecule has 5 aliphatic rings. The number of aromatic nitrogens is 1. The van der Waals surface area contributed by atoms with E-state index in [9.17, 15) is 15.3 Å². The third-order valence-corrected chi connectivity index (χ3v) is 11.4. The summed E-state index contributed by atoms with van der Waals surface area (Å²) in [7, 11) is 1.61. The largest absolute Gasteiger partial charge is 0.390 e. The lowest BCUT2D eigenvalue weighted by Gasteiger charge is -2.56. The molecule has 7 N–H and O–H groups in total. The normalized spacial score (nSPS) is 43.3. The zero-order chi connectivity index (χ0) is 27.9. The zero-order valence-corrected chi connectivity index (χ0v) is 23.1. The van der Waals surface area contributed by atoms with E-state index < -0.39 is 28.8 Å². The van der Waals surface area contributed by atoms with Crippen LogP contribution in [0.5, 0.6) is 0 Å². The second kappa shape index (κ2) is 8.97. The quantitative estimate of drug-likeness (QED) is 0.154. The fourth-order valence-electron chi connectivity index (χ4n) is 9.85. The summed E-state index contributed by atoms with van der Waals surface area (Å²) in [6.45, 7) is 4.78. The molecule has 7 rings (SSSR count). The van der Waals surface area contributed by atoms with Gasteiger partial charge in [0.15, 0.2) is 5.96 Å². The summed E-state index contributed by atoms with van der Waals surface area (Å²) in [6.07, 6.45) is 7.67. The first-order chi connectivity index (χ1) is 19.2. The molecule has 0 aliphatic heterocycles. The molecule has 5 aliphatic carbocycles. The summed E-state index contributed by atoms with van der Waals surface area (Å²) >= 11 is 0. The van der Waals surface area contributed by atoms with Gasteiger partial charge in [-0.3, -0.25) is 4.99 Å². The number of hydrogen-bond acceptors (Lipinski definition) is 4. The van der Waals surface area contributed by atoms with Gasteiger partial charge in [-0.15, -0.1) is 5.92 Å². The number of rotatable bonds is 4. The van der Waals surface area contributed by atoms with Crippen LogP contribution in [-0.2, 0) is 6.42 Å². The minimum absolute atomic E-state index is 0.0276. The maximum atomic E-state index is 12.5. The maximum absolute atomic E-state index is 12.5. The molecule has 0 amide bonds. The van der Waals surface area contributed by atoms with Crippen LogP contribution in [0.2, 0.25) is 0 Å². The van der Waals surface area contributed by atoms with Gasteiger partial charge in [-0.1, -0.05) is 48.4 Å². The lowest BCUT2D eigenvalue weighted by atomic mass is 9.48. The first-order valence-electron chi connectivity index (χ1n) is 14.7. The molecule has 7 nitrogen and oxygen atoms in total. The average Bonchev–Trinajstić information content (AvgIpc) is 3.42. The number of guanidine groups is 1. The van der Waals surface area contributed by atoms with Crippen LogP contribution in [0.3, 0.4) is 0 Å². The van der Waals surface area contributed by atoms with E-state index in [1.165, 1.54) is 5.39 Å². The monoisotopic (exact) mass is 540 g/mol. The molecular formula is C33H40N4O3. The van der Waals surface area contributed by atoms with E-state index in [4.69, 9.17) is 12.3 Å². The molecule has 1 aromatic heterocycles. The second-order valence-electron chi connectivity index (χ2n) is 13.0. The Labute approximate surface area is 235 Å². The number of aliphatic hydroxyl groups is 3. The Morgan fingerprint density at radius 3 is 2.80 bits per heavy atom. The number of aliphatic imine (C=N–C) groups is 1. The summed E-state index contributed by atoms with van der Waals surface area (Å²) in [6, 6.07) is 10.0. The summed E-state index contributed by atoms with van der Waals surface area (Å²) in [5.74, 6) is 6.75. The number of fused-ring (bicyclic) bond motifs is 2. The van der Waals surface area contributed by atoms with Crippen molar-refractivity contribution >= 4 is 16.9 Å². The van der Waals surface area contributed by atoms with Gasteiger partial charge in [-0.05, 0) is 72.8 Å². The number of aromatic amines is 1. The van der Waals surface area contributed by atoms with Crippen LogP contribution in [0.15, 0.2) is 59.6 Å². The van der Waals surface area contributed by atoms with Crippen LogP contribution in [-0.4, -0.2) is 56.7 Å². The molecule has 2 aromatic rings. The van der Waals surface area contributed by atoms with E-state index in [1.54, 1.807) is 7.05 Å². The standard InChI is InChI=1S/C33H40N4O3/c1-19(15-22-16-20-7-3-4-10-27(20)36-22)31-13-5-8-21(37-30(34)35-2)18-33(40)28(38)17-26-29(33)25(31)12-11-24-23(31)9-6-14-32(24,26)39/h3-4,6-7,9-10,16,21,23-26,28-29,36,38-40H,1,11-15,17-18H2,2H3,(H3,34,35,37). The van der Waals surface area contributed by atoms with E-state index in [0.29, 0.717) is 25.7 Å². The first kappa shape index (κ1) is 25.9. The van der Waals surface area contributed by atoms with E-state index in [1.807, 2.05) is 12.1 Å². The summed E-state index contributed by atoms with van der Waals surface area (Å²) in [5, 5.41) is 40.9. The number of nitrogens with one attached hydrogen (secondary N) is 2. The molecule has 40 heavy (non-hydrogen) atoms. The van der Waals surface area contributed by atoms with E-state index >= 15 is 0 Å². The molecule has 1 aromatic carbocycles. The SMILES string of the molecule is C=C(Cc1cc2ccccc2[nH]1)C12CC#CC(NC(N)=NC)CC3(O)C(O)CC4C3C1CCC1C2C=CCC41O. The molecule has 0 radical (unpaired) electrons. The third-order valence-electron chi connectivity index (χ3n) is 11.4. The lowest BCUT2D eigenvalue weighted by molar-refractivity contribution is -0.124. The summed E-state index contributed by atoms with van der Waals surface area (Å²) in [4.78, 5) is 7.64. The minimum atomic E-state index is -1.42. The van der Waals surface area contributed by atoms with Crippen LogP contribution in [0, 0.1) is 46.8 Å². The second-order valence-corrected chi connectivity index (χ2v) is 13.0. The zero-order valence-electron chi connectivity index (χ0n) is 23.1. The van der Waals surface area contributed by atoms with E-state index in [0.717, 1.165) is 29.6 Å². The first-order valence-corrected chi connectivity index (χ1v) is 14.7. The molecular weight excluding hydrogens is 500 g/mol. The Bertz CT molecular complexity index is 1450. The molecule has 3 fully saturated rings. The highest BCUT2D eigenvalue weighted by atomic mass is 16.3. The number of allylic oxidation sites excluding steroid dienone is 2. The van der Waals surface area contributed by atoms with Gasteiger partial charge in [-0.2, -0.15) is 0 Å².